The highest BCUT2D eigenvalue weighted by atomic mass is 16.6. The van der Waals surface area contributed by atoms with Crippen LogP contribution in [0.3, 0.4) is 0 Å². The highest BCUT2D eigenvalue weighted by Gasteiger charge is 2.39. The van der Waals surface area contributed by atoms with Gasteiger partial charge in [0.15, 0.2) is 0 Å². The van der Waals surface area contributed by atoms with Crippen molar-refractivity contribution >= 4 is 11.4 Å². The monoisotopic (exact) mass is 233 g/mol. The molecule has 0 aromatic heterocycles. The molecule has 0 bridgehead atoms. The van der Waals surface area contributed by atoms with Gasteiger partial charge in [-0.05, 0) is 18.4 Å². The SMILES string of the molecule is O=[N+]([O-])c1ccccc1N1CC[C@H]2CNC[C@H]21. The second-order valence-corrected chi connectivity index (χ2v) is 4.71. The van der Waals surface area contributed by atoms with Crippen molar-refractivity contribution in [2.24, 2.45) is 5.92 Å². The summed E-state index contributed by atoms with van der Waals surface area (Å²) in [5.74, 6) is 0.648. The fourth-order valence-electron chi connectivity index (χ4n) is 3.01. The van der Waals surface area contributed by atoms with E-state index in [1.54, 1.807) is 12.1 Å². The lowest BCUT2D eigenvalue weighted by Gasteiger charge is -2.25. The second-order valence-electron chi connectivity index (χ2n) is 4.71. The maximum absolute atomic E-state index is 11.0. The fraction of sp³-hybridized carbons (Fsp3) is 0.500. The van der Waals surface area contributed by atoms with Crippen LogP contribution >= 0.6 is 0 Å². The number of nitrogens with one attached hydrogen (secondary N) is 1. The molecule has 5 nitrogen and oxygen atoms in total. The van der Waals surface area contributed by atoms with E-state index in [0.29, 0.717) is 12.0 Å². The molecule has 0 spiro atoms. The summed E-state index contributed by atoms with van der Waals surface area (Å²) in [5, 5.41) is 14.4. The maximum atomic E-state index is 11.0. The Bertz CT molecular complexity index is 449. The van der Waals surface area contributed by atoms with Crippen molar-refractivity contribution in [3.8, 4) is 0 Å². The van der Waals surface area contributed by atoms with Crippen molar-refractivity contribution in [1.29, 1.82) is 0 Å². The van der Waals surface area contributed by atoms with Crippen molar-refractivity contribution in [2.75, 3.05) is 24.5 Å². The van der Waals surface area contributed by atoms with Gasteiger partial charge in [-0.2, -0.15) is 0 Å². The van der Waals surface area contributed by atoms with Crippen LogP contribution in [-0.2, 0) is 0 Å². The number of benzene rings is 1. The van der Waals surface area contributed by atoms with Crippen LogP contribution in [0.2, 0.25) is 0 Å². The van der Waals surface area contributed by atoms with Crippen LogP contribution in [0.15, 0.2) is 24.3 Å². The fourth-order valence-corrected chi connectivity index (χ4v) is 3.01. The van der Waals surface area contributed by atoms with Crippen LogP contribution < -0.4 is 10.2 Å². The molecule has 2 saturated heterocycles. The third kappa shape index (κ3) is 1.67. The third-order valence-electron chi connectivity index (χ3n) is 3.83. The van der Waals surface area contributed by atoms with E-state index in [1.165, 1.54) is 0 Å². The standard InChI is InChI=1S/C12H15N3O2/c16-15(17)11-4-2-1-3-10(11)14-6-5-9-7-13-8-12(9)14/h1-4,9,12-13H,5-8H2/t9-,12+/m0/s1. The molecular weight excluding hydrogens is 218 g/mol. The Morgan fingerprint density at radius 2 is 2.18 bits per heavy atom. The summed E-state index contributed by atoms with van der Waals surface area (Å²) in [5.41, 5.74) is 0.994. The van der Waals surface area contributed by atoms with Crippen LogP contribution in [0.4, 0.5) is 11.4 Å². The van der Waals surface area contributed by atoms with Crippen LogP contribution in [-0.4, -0.2) is 30.6 Å². The van der Waals surface area contributed by atoms with Crippen molar-refractivity contribution in [3.63, 3.8) is 0 Å². The number of hydrogen-bond acceptors (Lipinski definition) is 4. The molecule has 2 fully saturated rings. The summed E-state index contributed by atoms with van der Waals surface area (Å²) < 4.78 is 0. The predicted molar refractivity (Wildman–Crippen MR) is 65.2 cm³/mol. The topological polar surface area (TPSA) is 58.4 Å². The first kappa shape index (κ1) is 10.5. The van der Waals surface area contributed by atoms with E-state index in [-0.39, 0.29) is 10.6 Å². The molecule has 0 unspecified atom stereocenters. The molecule has 2 atom stereocenters. The van der Waals surface area contributed by atoms with E-state index in [9.17, 15) is 10.1 Å². The largest absolute Gasteiger partial charge is 0.361 e. The zero-order valence-electron chi connectivity index (χ0n) is 9.50. The highest BCUT2D eigenvalue weighted by molar-refractivity contribution is 5.64. The quantitative estimate of drug-likeness (QED) is 0.619. The Morgan fingerprint density at radius 3 is 3.00 bits per heavy atom. The van der Waals surface area contributed by atoms with Gasteiger partial charge in [0.1, 0.15) is 5.69 Å². The number of hydrogen-bond donors (Lipinski definition) is 1. The summed E-state index contributed by atoms with van der Waals surface area (Å²) in [7, 11) is 0. The smallest absolute Gasteiger partial charge is 0.292 e. The lowest BCUT2D eigenvalue weighted by atomic mass is 10.0. The molecule has 0 saturated carbocycles. The normalized spacial score (nSPS) is 27.2. The van der Waals surface area contributed by atoms with Gasteiger partial charge in [-0.3, -0.25) is 10.1 Å². The van der Waals surface area contributed by atoms with Crippen LogP contribution in [0.5, 0.6) is 0 Å². The molecule has 1 aromatic rings. The van der Waals surface area contributed by atoms with E-state index in [0.717, 1.165) is 31.7 Å². The third-order valence-corrected chi connectivity index (χ3v) is 3.83. The molecule has 90 valence electrons. The number of nitro groups is 1. The van der Waals surface area contributed by atoms with Crippen LogP contribution in [0.1, 0.15) is 6.42 Å². The molecule has 2 aliphatic rings. The van der Waals surface area contributed by atoms with Gasteiger partial charge in [0.25, 0.3) is 5.69 Å². The van der Waals surface area contributed by atoms with Crippen LogP contribution in [0.25, 0.3) is 0 Å². The van der Waals surface area contributed by atoms with Gasteiger partial charge in [0.05, 0.1) is 4.92 Å². The summed E-state index contributed by atoms with van der Waals surface area (Å²) >= 11 is 0. The van der Waals surface area contributed by atoms with E-state index in [2.05, 4.69) is 10.2 Å². The summed E-state index contributed by atoms with van der Waals surface area (Å²) in [6, 6.07) is 7.47. The molecule has 2 heterocycles. The first-order valence-electron chi connectivity index (χ1n) is 5.98. The number of anilines is 1. The van der Waals surface area contributed by atoms with E-state index >= 15 is 0 Å². The van der Waals surface area contributed by atoms with Gasteiger partial charge in [0, 0.05) is 31.7 Å². The molecular formula is C12H15N3O2. The number of nitro benzene ring substituents is 1. The molecule has 0 aliphatic carbocycles. The minimum absolute atomic E-state index is 0.222. The Balaban J connectivity index is 1.96. The summed E-state index contributed by atoms with van der Waals surface area (Å²) in [6.07, 6.45) is 1.13. The molecule has 0 radical (unpaired) electrons. The molecule has 0 amide bonds. The zero-order valence-corrected chi connectivity index (χ0v) is 9.50. The summed E-state index contributed by atoms with van der Waals surface area (Å²) in [6.45, 7) is 2.92. The Hall–Kier alpha value is -1.62. The van der Waals surface area contributed by atoms with Gasteiger partial charge in [-0.1, -0.05) is 12.1 Å². The van der Waals surface area contributed by atoms with Gasteiger partial charge >= 0.3 is 0 Å². The van der Waals surface area contributed by atoms with Gasteiger partial charge in [-0.25, -0.2) is 0 Å². The van der Waals surface area contributed by atoms with Crippen molar-refractivity contribution in [3.05, 3.63) is 34.4 Å². The van der Waals surface area contributed by atoms with Crippen molar-refractivity contribution in [1.82, 2.24) is 5.32 Å². The van der Waals surface area contributed by atoms with E-state index in [1.807, 2.05) is 12.1 Å². The van der Waals surface area contributed by atoms with E-state index < -0.39 is 0 Å². The summed E-state index contributed by atoms with van der Waals surface area (Å²) in [4.78, 5) is 12.9. The Morgan fingerprint density at radius 1 is 1.35 bits per heavy atom. The minimum atomic E-state index is -0.287. The molecule has 5 heteroatoms. The highest BCUT2D eigenvalue weighted by Crippen LogP contribution is 2.36. The number of para-hydroxylation sites is 2. The van der Waals surface area contributed by atoms with Gasteiger partial charge in [-0.15, -0.1) is 0 Å². The first-order valence-corrected chi connectivity index (χ1v) is 5.98. The molecule has 1 N–H and O–H groups in total. The second kappa shape index (κ2) is 4.00. The lowest BCUT2D eigenvalue weighted by Crippen LogP contribution is -2.34. The average Bonchev–Trinajstić information content (AvgIpc) is 2.90. The predicted octanol–water partition coefficient (Wildman–Crippen LogP) is 1.39. The molecule has 1 aromatic carbocycles. The molecule has 2 aliphatic heterocycles. The van der Waals surface area contributed by atoms with Gasteiger partial charge in [0.2, 0.25) is 0 Å². The number of fused-ring (bicyclic) bond motifs is 1. The molecule has 17 heavy (non-hydrogen) atoms. The first-order chi connectivity index (χ1) is 8.27. The average molecular weight is 233 g/mol. The number of nitrogens with zero attached hydrogens (tertiary/aromatic N) is 2. The minimum Gasteiger partial charge on any atom is -0.361 e. The lowest BCUT2D eigenvalue weighted by molar-refractivity contribution is -0.384. The Labute approximate surface area is 99.6 Å². The van der Waals surface area contributed by atoms with Crippen molar-refractivity contribution < 1.29 is 4.92 Å². The van der Waals surface area contributed by atoms with Gasteiger partial charge < -0.3 is 10.2 Å². The molecule has 3 rings (SSSR count). The van der Waals surface area contributed by atoms with Crippen LogP contribution in [0, 0.1) is 16.0 Å². The van der Waals surface area contributed by atoms with E-state index in [4.69, 9.17) is 0 Å². The zero-order chi connectivity index (χ0) is 11.8. The van der Waals surface area contributed by atoms with Crippen molar-refractivity contribution in [2.45, 2.75) is 12.5 Å². The number of rotatable bonds is 2. The Kier molecular flexibility index (Phi) is 2.48. The maximum Gasteiger partial charge on any atom is 0.292 e.